The standard InChI is InChI=1S/C25H28N4O4S/c1-18-6-8-20(9-7-18)10-11-23-24(19(2)28-33-23)34(31,32)29-15-12-21(13-16-29)25(30)27-17-22-5-3-4-14-26-22/h3-11,14,21H,12-13,15-17H2,1-2H3,(H,27,30)/b11-10+. The quantitative estimate of drug-likeness (QED) is 0.554. The first-order valence-corrected chi connectivity index (χ1v) is 12.7. The molecule has 1 aliphatic rings. The number of benzene rings is 1. The van der Waals surface area contributed by atoms with Crippen molar-refractivity contribution in [2.24, 2.45) is 5.92 Å². The molecule has 3 aromatic rings. The van der Waals surface area contributed by atoms with Gasteiger partial charge in [-0.2, -0.15) is 4.31 Å². The number of rotatable bonds is 7. The molecule has 1 aromatic carbocycles. The fourth-order valence-corrected chi connectivity index (χ4v) is 5.68. The van der Waals surface area contributed by atoms with Gasteiger partial charge in [0, 0.05) is 25.2 Å². The summed E-state index contributed by atoms with van der Waals surface area (Å²) in [4.78, 5) is 16.8. The van der Waals surface area contributed by atoms with Crippen LogP contribution < -0.4 is 5.32 Å². The zero-order valence-corrected chi connectivity index (χ0v) is 20.1. The van der Waals surface area contributed by atoms with E-state index in [1.165, 1.54) is 4.31 Å². The number of aromatic nitrogens is 2. The fourth-order valence-electron chi connectivity index (χ4n) is 3.96. The van der Waals surface area contributed by atoms with Crippen molar-refractivity contribution < 1.29 is 17.7 Å². The lowest BCUT2D eigenvalue weighted by Crippen LogP contribution is -2.43. The third-order valence-electron chi connectivity index (χ3n) is 5.93. The van der Waals surface area contributed by atoms with Crippen LogP contribution in [0.3, 0.4) is 0 Å². The number of piperidine rings is 1. The summed E-state index contributed by atoms with van der Waals surface area (Å²) in [5, 5.41) is 6.80. The molecule has 2 aromatic heterocycles. The highest BCUT2D eigenvalue weighted by Gasteiger charge is 2.35. The topological polar surface area (TPSA) is 105 Å². The number of sulfonamides is 1. The molecule has 8 nitrogen and oxygen atoms in total. The maximum Gasteiger partial charge on any atom is 0.248 e. The van der Waals surface area contributed by atoms with E-state index in [4.69, 9.17) is 4.52 Å². The van der Waals surface area contributed by atoms with Gasteiger partial charge >= 0.3 is 0 Å². The molecular weight excluding hydrogens is 452 g/mol. The van der Waals surface area contributed by atoms with E-state index in [0.717, 1.165) is 16.8 Å². The average molecular weight is 481 g/mol. The van der Waals surface area contributed by atoms with E-state index in [0.29, 0.717) is 25.1 Å². The first kappa shape index (κ1) is 23.8. The van der Waals surface area contributed by atoms with Crippen LogP contribution in [0.4, 0.5) is 0 Å². The monoisotopic (exact) mass is 480 g/mol. The molecule has 0 bridgehead atoms. The van der Waals surface area contributed by atoms with Crippen molar-refractivity contribution in [3.63, 3.8) is 0 Å². The molecule has 0 saturated carbocycles. The Kier molecular flexibility index (Phi) is 7.23. The highest BCUT2D eigenvalue weighted by atomic mass is 32.2. The Bertz CT molecular complexity index is 1260. The number of nitrogens with one attached hydrogen (secondary N) is 1. The van der Waals surface area contributed by atoms with Gasteiger partial charge in [0.25, 0.3) is 0 Å². The summed E-state index contributed by atoms with van der Waals surface area (Å²) < 4.78 is 33.6. The van der Waals surface area contributed by atoms with E-state index in [1.54, 1.807) is 25.3 Å². The van der Waals surface area contributed by atoms with E-state index in [9.17, 15) is 13.2 Å². The van der Waals surface area contributed by atoms with Gasteiger partial charge in [-0.3, -0.25) is 9.78 Å². The number of pyridine rings is 1. The van der Waals surface area contributed by atoms with Crippen LogP contribution in [0.2, 0.25) is 0 Å². The molecule has 1 aliphatic heterocycles. The third kappa shape index (κ3) is 5.43. The van der Waals surface area contributed by atoms with Crippen molar-refractivity contribution in [3.05, 3.63) is 76.9 Å². The molecule has 3 heterocycles. The van der Waals surface area contributed by atoms with Gasteiger partial charge in [-0.05, 0) is 50.5 Å². The van der Waals surface area contributed by atoms with E-state index in [1.807, 2.05) is 49.4 Å². The van der Waals surface area contributed by atoms with Gasteiger partial charge < -0.3 is 9.84 Å². The number of amides is 1. The lowest BCUT2D eigenvalue weighted by molar-refractivity contribution is -0.126. The Morgan fingerprint density at radius 1 is 1.12 bits per heavy atom. The zero-order chi connectivity index (χ0) is 24.1. The van der Waals surface area contributed by atoms with Gasteiger partial charge in [-0.15, -0.1) is 0 Å². The molecule has 34 heavy (non-hydrogen) atoms. The molecular formula is C25H28N4O4S. The average Bonchev–Trinajstić information content (AvgIpc) is 3.24. The minimum atomic E-state index is -3.81. The van der Waals surface area contributed by atoms with Crippen molar-refractivity contribution in [2.75, 3.05) is 13.1 Å². The zero-order valence-electron chi connectivity index (χ0n) is 19.3. The predicted octanol–water partition coefficient (Wildman–Crippen LogP) is 3.57. The number of nitrogens with zero attached hydrogens (tertiary/aromatic N) is 3. The molecule has 0 spiro atoms. The Morgan fingerprint density at radius 2 is 1.85 bits per heavy atom. The number of hydrogen-bond acceptors (Lipinski definition) is 6. The SMILES string of the molecule is Cc1ccc(/C=C/c2onc(C)c2S(=O)(=O)N2CCC(C(=O)NCc3ccccn3)CC2)cc1. The molecule has 0 unspecified atom stereocenters. The van der Waals surface area contributed by atoms with Gasteiger partial charge in [0.1, 0.15) is 5.69 Å². The van der Waals surface area contributed by atoms with Crippen LogP contribution in [0.15, 0.2) is 58.1 Å². The molecule has 0 aliphatic carbocycles. The fraction of sp³-hybridized carbons (Fsp3) is 0.320. The number of carbonyl (C=O) groups excluding carboxylic acids is 1. The van der Waals surface area contributed by atoms with Crippen molar-refractivity contribution in [1.82, 2.24) is 19.8 Å². The second kappa shape index (κ2) is 10.3. The second-order valence-corrected chi connectivity index (χ2v) is 10.3. The molecule has 9 heteroatoms. The Balaban J connectivity index is 1.41. The summed E-state index contributed by atoms with van der Waals surface area (Å²) in [5.74, 6) is -0.112. The molecule has 1 amide bonds. The highest BCUT2D eigenvalue weighted by molar-refractivity contribution is 7.89. The highest BCUT2D eigenvalue weighted by Crippen LogP contribution is 2.29. The number of aryl methyl sites for hydroxylation is 2. The first-order valence-electron chi connectivity index (χ1n) is 11.2. The van der Waals surface area contributed by atoms with E-state index >= 15 is 0 Å². The summed E-state index contributed by atoms with van der Waals surface area (Å²) in [7, 11) is -3.81. The van der Waals surface area contributed by atoms with Gasteiger partial charge in [0.2, 0.25) is 15.9 Å². The summed E-state index contributed by atoms with van der Waals surface area (Å²) >= 11 is 0. The maximum atomic E-state index is 13.4. The Hall–Kier alpha value is -3.30. The second-order valence-electron chi connectivity index (χ2n) is 8.42. The maximum absolute atomic E-state index is 13.4. The largest absolute Gasteiger partial charge is 0.355 e. The van der Waals surface area contributed by atoms with Crippen molar-refractivity contribution in [2.45, 2.75) is 38.1 Å². The summed E-state index contributed by atoms with van der Waals surface area (Å²) in [5.41, 5.74) is 3.18. The normalized spacial score (nSPS) is 15.6. The van der Waals surface area contributed by atoms with Crippen LogP contribution in [0.1, 0.15) is 41.1 Å². The van der Waals surface area contributed by atoms with Gasteiger partial charge in [-0.1, -0.05) is 47.1 Å². The van der Waals surface area contributed by atoms with Gasteiger partial charge in [0.05, 0.1) is 12.2 Å². The van der Waals surface area contributed by atoms with E-state index in [2.05, 4.69) is 15.5 Å². The lowest BCUT2D eigenvalue weighted by atomic mass is 9.97. The van der Waals surface area contributed by atoms with Crippen LogP contribution >= 0.6 is 0 Å². The minimum absolute atomic E-state index is 0.0777. The molecule has 1 N–H and O–H groups in total. The van der Waals surface area contributed by atoms with Crippen LogP contribution in [0.5, 0.6) is 0 Å². The molecule has 178 valence electrons. The minimum Gasteiger partial charge on any atom is -0.355 e. The van der Waals surface area contributed by atoms with Crippen molar-refractivity contribution in [3.8, 4) is 0 Å². The molecule has 1 fully saturated rings. The molecule has 1 saturated heterocycles. The molecule has 4 rings (SSSR count). The first-order chi connectivity index (χ1) is 16.3. The Morgan fingerprint density at radius 3 is 2.53 bits per heavy atom. The summed E-state index contributed by atoms with van der Waals surface area (Å²) in [6.45, 7) is 4.50. The van der Waals surface area contributed by atoms with E-state index < -0.39 is 10.0 Å². The summed E-state index contributed by atoms with van der Waals surface area (Å²) in [6.07, 6.45) is 6.02. The summed E-state index contributed by atoms with van der Waals surface area (Å²) in [6, 6.07) is 13.4. The smallest absolute Gasteiger partial charge is 0.248 e. The molecule has 0 atom stereocenters. The lowest BCUT2D eigenvalue weighted by Gasteiger charge is -2.30. The van der Waals surface area contributed by atoms with Crippen molar-refractivity contribution in [1.29, 1.82) is 0 Å². The van der Waals surface area contributed by atoms with Crippen molar-refractivity contribution >= 4 is 28.1 Å². The predicted molar refractivity (Wildman–Crippen MR) is 129 cm³/mol. The number of carbonyl (C=O) groups is 1. The number of hydrogen-bond donors (Lipinski definition) is 1. The van der Waals surface area contributed by atoms with Crippen LogP contribution in [0.25, 0.3) is 12.2 Å². The van der Waals surface area contributed by atoms with Crippen LogP contribution in [-0.4, -0.2) is 41.9 Å². The van der Waals surface area contributed by atoms with Gasteiger partial charge in [0.15, 0.2) is 10.7 Å². The van der Waals surface area contributed by atoms with Gasteiger partial charge in [-0.25, -0.2) is 8.42 Å². The van der Waals surface area contributed by atoms with Crippen LogP contribution in [-0.2, 0) is 21.4 Å². The third-order valence-corrected chi connectivity index (χ3v) is 7.99. The van der Waals surface area contributed by atoms with E-state index in [-0.39, 0.29) is 35.6 Å². The Labute approximate surface area is 199 Å². The van der Waals surface area contributed by atoms with Crippen LogP contribution in [0, 0.1) is 19.8 Å². The molecule has 0 radical (unpaired) electrons.